The van der Waals surface area contributed by atoms with Gasteiger partial charge in [-0.2, -0.15) is 0 Å². The molecular weight excluding hydrogens is 396 g/mol. The predicted molar refractivity (Wildman–Crippen MR) is 128 cm³/mol. The minimum atomic E-state index is 0.166. The zero-order chi connectivity index (χ0) is 22.3. The molecule has 4 nitrogen and oxygen atoms in total. The van der Waals surface area contributed by atoms with Crippen molar-refractivity contribution in [2.45, 2.75) is 58.8 Å². The number of hydrogen-bond acceptors (Lipinski definition) is 4. The van der Waals surface area contributed by atoms with Crippen LogP contribution in [0.3, 0.4) is 0 Å². The Kier molecular flexibility index (Phi) is 7.31. The van der Waals surface area contributed by atoms with Gasteiger partial charge >= 0.3 is 0 Å². The SMILES string of the molecule is CCOc1ccc(CC(=O)Cc2ncc(-c3ccc(C)cc3)nc2CC2CCCC2)cc1. The summed E-state index contributed by atoms with van der Waals surface area (Å²) in [6.45, 7) is 4.69. The Morgan fingerprint density at radius 3 is 2.38 bits per heavy atom. The molecule has 0 saturated heterocycles. The van der Waals surface area contributed by atoms with Crippen LogP contribution in [0.5, 0.6) is 5.75 Å². The van der Waals surface area contributed by atoms with Crippen molar-refractivity contribution in [1.29, 1.82) is 0 Å². The van der Waals surface area contributed by atoms with Gasteiger partial charge < -0.3 is 4.74 Å². The Hall–Kier alpha value is -3.01. The zero-order valence-electron chi connectivity index (χ0n) is 19.1. The summed E-state index contributed by atoms with van der Waals surface area (Å²) in [5.41, 5.74) is 6.02. The van der Waals surface area contributed by atoms with Crippen LogP contribution < -0.4 is 4.74 Å². The molecule has 166 valence electrons. The number of aryl methyl sites for hydroxylation is 1. The van der Waals surface area contributed by atoms with Crippen LogP contribution in [0.15, 0.2) is 54.7 Å². The van der Waals surface area contributed by atoms with E-state index in [1.54, 1.807) is 0 Å². The zero-order valence-corrected chi connectivity index (χ0v) is 19.1. The van der Waals surface area contributed by atoms with Gasteiger partial charge in [-0.15, -0.1) is 0 Å². The third-order valence-electron chi connectivity index (χ3n) is 6.24. The van der Waals surface area contributed by atoms with E-state index in [-0.39, 0.29) is 5.78 Å². The third kappa shape index (κ3) is 5.82. The highest BCUT2D eigenvalue weighted by Gasteiger charge is 2.20. The first kappa shape index (κ1) is 22.2. The summed E-state index contributed by atoms with van der Waals surface area (Å²) in [4.78, 5) is 22.6. The Morgan fingerprint density at radius 2 is 1.69 bits per heavy atom. The average Bonchev–Trinajstić information content (AvgIpc) is 3.30. The number of carbonyl (C=O) groups excluding carboxylic acids is 1. The molecule has 0 radical (unpaired) electrons. The lowest BCUT2D eigenvalue weighted by atomic mass is 9.97. The van der Waals surface area contributed by atoms with Gasteiger partial charge in [0.2, 0.25) is 0 Å². The van der Waals surface area contributed by atoms with E-state index >= 15 is 0 Å². The summed E-state index contributed by atoms with van der Waals surface area (Å²) in [5.74, 6) is 1.65. The number of rotatable bonds is 9. The summed E-state index contributed by atoms with van der Waals surface area (Å²) < 4.78 is 5.49. The van der Waals surface area contributed by atoms with E-state index in [2.05, 4.69) is 31.2 Å². The number of carbonyl (C=O) groups is 1. The second-order valence-electron chi connectivity index (χ2n) is 8.84. The van der Waals surface area contributed by atoms with Gasteiger partial charge in [0.05, 0.1) is 36.3 Å². The summed E-state index contributed by atoms with van der Waals surface area (Å²) in [6.07, 6.45) is 8.54. The predicted octanol–water partition coefficient (Wildman–Crippen LogP) is 5.94. The van der Waals surface area contributed by atoms with Crippen LogP contribution >= 0.6 is 0 Å². The maximum Gasteiger partial charge on any atom is 0.143 e. The number of ether oxygens (including phenoxy) is 1. The summed E-state index contributed by atoms with van der Waals surface area (Å²) >= 11 is 0. The van der Waals surface area contributed by atoms with E-state index in [9.17, 15) is 4.79 Å². The molecule has 1 heterocycles. The molecule has 0 N–H and O–H groups in total. The summed E-state index contributed by atoms with van der Waals surface area (Å²) in [5, 5.41) is 0. The number of Topliss-reactive ketones (excluding diaryl/α,β-unsaturated/α-hetero) is 1. The molecule has 0 amide bonds. The molecule has 32 heavy (non-hydrogen) atoms. The lowest BCUT2D eigenvalue weighted by Crippen LogP contribution is -2.13. The van der Waals surface area contributed by atoms with Crippen LogP contribution in [-0.4, -0.2) is 22.4 Å². The fraction of sp³-hybridized carbons (Fsp3) is 0.393. The van der Waals surface area contributed by atoms with Crippen LogP contribution in [0.4, 0.5) is 0 Å². The molecule has 4 heteroatoms. The lowest BCUT2D eigenvalue weighted by molar-refractivity contribution is -0.117. The first-order valence-corrected chi connectivity index (χ1v) is 11.8. The number of aromatic nitrogens is 2. The Bertz CT molecular complexity index is 1040. The molecule has 0 bridgehead atoms. The molecule has 1 fully saturated rings. The molecule has 0 spiro atoms. The standard InChI is InChI=1S/C28H32N2O2/c1-3-32-25-14-10-22(11-15-25)16-24(31)18-26-27(17-21-6-4-5-7-21)30-28(19-29-26)23-12-8-20(2)9-13-23/h8-15,19,21H,3-7,16-18H2,1-2H3. The van der Waals surface area contributed by atoms with E-state index < -0.39 is 0 Å². The molecule has 1 aromatic heterocycles. The van der Waals surface area contributed by atoms with Crippen molar-refractivity contribution in [2.24, 2.45) is 5.92 Å². The van der Waals surface area contributed by atoms with Gasteiger partial charge in [0, 0.05) is 12.0 Å². The van der Waals surface area contributed by atoms with Crippen LogP contribution in [0.25, 0.3) is 11.3 Å². The molecule has 4 rings (SSSR count). The van der Waals surface area contributed by atoms with E-state index in [4.69, 9.17) is 14.7 Å². The van der Waals surface area contributed by atoms with Crippen molar-refractivity contribution < 1.29 is 9.53 Å². The minimum Gasteiger partial charge on any atom is -0.494 e. The fourth-order valence-corrected chi connectivity index (χ4v) is 4.46. The highest BCUT2D eigenvalue weighted by Crippen LogP contribution is 2.29. The first-order chi connectivity index (χ1) is 15.6. The number of benzene rings is 2. The van der Waals surface area contributed by atoms with Crippen molar-refractivity contribution in [3.63, 3.8) is 0 Å². The summed E-state index contributed by atoms with van der Waals surface area (Å²) in [6, 6.07) is 16.2. The quantitative estimate of drug-likeness (QED) is 0.423. The second-order valence-corrected chi connectivity index (χ2v) is 8.84. The maximum absolute atomic E-state index is 12.9. The minimum absolute atomic E-state index is 0.166. The normalized spacial score (nSPS) is 13.9. The largest absolute Gasteiger partial charge is 0.494 e. The van der Waals surface area contributed by atoms with E-state index in [1.165, 1.54) is 31.2 Å². The third-order valence-corrected chi connectivity index (χ3v) is 6.24. The highest BCUT2D eigenvalue weighted by atomic mass is 16.5. The molecule has 2 aromatic carbocycles. The molecule has 0 atom stereocenters. The number of hydrogen-bond donors (Lipinski definition) is 0. The fourth-order valence-electron chi connectivity index (χ4n) is 4.46. The van der Waals surface area contributed by atoms with Gasteiger partial charge in [0.15, 0.2) is 0 Å². The van der Waals surface area contributed by atoms with Crippen LogP contribution in [0, 0.1) is 12.8 Å². The van der Waals surface area contributed by atoms with E-state index in [0.717, 1.165) is 40.4 Å². The van der Waals surface area contributed by atoms with E-state index in [0.29, 0.717) is 25.4 Å². The van der Waals surface area contributed by atoms with Gasteiger partial charge in [-0.3, -0.25) is 9.78 Å². The molecule has 1 saturated carbocycles. The Balaban J connectivity index is 1.51. The highest BCUT2D eigenvalue weighted by molar-refractivity contribution is 5.83. The average molecular weight is 429 g/mol. The van der Waals surface area contributed by atoms with Gasteiger partial charge in [0.1, 0.15) is 11.5 Å². The lowest BCUT2D eigenvalue weighted by Gasteiger charge is -2.14. The van der Waals surface area contributed by atoms with Crippen molar-refractivity contribution in [2.75, 3.05) is 6.61 Å². The molecule has 0 aliphatic heterocycles. The van der Waals surface area contributed by atoms with Gasteiger partial charge in [-0.1, -0.05) is 67.6 Å². The first-order valence-electron chi connectivity index (χ1n) is 11.8. The summed E-state index contributed by atoms with van der Waals surface area (Å²) in [7, 11) is 0. The van der Waals surface area contributed by atoms with Crippen LogP contribution in [0.1, 0.15) is 55.1 Å². The molecular formula is C28H32N2O2. The Morgan fingerprint density at radius 1 is 0.969 bits per heavy atom. The molecule has 1 aliphatic rings. The maximum atomic E-state index is 12.9. The Labute approximate surface area is 191 Å². The second kappa shape index (κ2) is 10.5. The smallest absolute Gasteiger partial charge is 0.143 e. The molecule has 1 aliphatic carbocycles. The van der Waals surface area contributed by atoms with Crippen molar-refractivity contribution in [3.05, 3.63) is 77.2 Å². The van der Waals surface area contributed by atoms with Crippen molar-refractivity contribution in [1.82, 2.24) is 9.97 Å². The van der Waals surface area contributed by atoms with Crippen LogP contribution in [0.2, 0.25) is 0 Å². The monoisotopic (exact) mass is 428 g/mol. The topological polar surface area (TPSA) is 52.1 Å². The molecule has 0 unspecified atom stereocenters. The van der Waals surface area contributed by atoms with Crippen LogP contribution in [-0.2, 0) is 24.1 Å². The van der Waals surface area contributed by atoms with Gasteiger partial charge in [0.25, 0.3) is 0 Å². The van der Waals surface area contributed by atoms with Crippen molar-refractivity contribution in [3.8, 4) is 17.0 Å². The van der Waals surface area contributed by atoms with Gasteiger partial charge in [-0.25, -0.2) is 4.98 Å². The van der Waals surface area contributed by atoms with Crippen molar-refractivity contribution >= 4 is 5.78 Å². The van der Waals surface area contributed by atoms with E-state index in [1.807, 2.05) is 37.4 Å². The molecule has 3 aromatic rings. The number of ketones is 1. The number of nitrogens with zero attached hydrogens (tertiary/aromatic N) is 2. The van der Waals surface area contributed by atoms with Gasteiger partial charge in [-0.05, 0) is 43.9 Å².